The summed E-state index contributed by atoms with van der Waals surface area (Å²) < 4.78 is 6.46. The number of carbonyl (C=O) groups excluding carboxylic acids is 2. The van der Waals surface area contributed by atoms with Crippen LogP contribution in [0, 0.1) is 0 Å². The van der Waals surface area contributed by atoms with Crippen molar-refractivity contribution in [2.75, 3.05) is 18.5 Å². The van der Waals surface area contributed by atoms with Gasteiger partial charge in [0.1, 0.15) is 5.75 Å². The molecular weight excluding hydrogens is 372 g/mol. The second kappa shape index (κ2) is 9.08. The van der Waals surface area contributed by atoms with Crippen LogP contribution in [0.15, 0.2) is 53.0 Å². The van der Waals surface area contributed by atoms with Crippen LogP contribution in [-0.2, 0) is 4.79 Å². The van der Waals surface area contributed by atoms with E-state index in [2.05, 4.69) is 26.6 Å². The summed E-state index contributed by atoms with van der Waals surface area (Å²) in [7, 11) is 0. The number of ether oxygens (including phenoxy) is 1. The van der Waals surface area contributed by atoms with Crippen LogP contribution in [0.25, 0.3) is 0 Å². The third-order valence-electron chi connectivity index (χ3n) is 3.14. The summed E-state index contributed by atoms with van der Waals surface area (Å²) in [5.41, 5.74) is 1.10. The third kappa shape index (κ3) is 5.70. The van der Waals surface area contributed by atoms with Crippen LogP contribution in [-0.4, -0.2) is 25.0 Å². The molecule has 0 bridgehead atoms. The molecule has 2 rings (SSSR count). The predicted octanol–water partition coefficient (Wildman–Crippen LogP) is 3.61. The fourth-order valence-electron chi connectivity index (χ4n) is 2.04. The Morgan fingerprint density at radius 3 is 2.67 bits per heavy atom. The van der Waals surface area contributed by atoms with Gasteiger partial charge in [0.2, 0.25) is 5.91 Å². The number of rotatable bonds is 7. The molecule has 0 saturated heterocycles. The molecule has 0 radical (unpaired) electrons. The minimum atomic E-state index is -0.168. The van der Waals surface area contributed by atoms with Crippen LogP contribution in [0.2, 0.25) is 0 Å². The van der Waals surface area contributed by atoms with Gasteiger partial charge in [-0.05, 0) is 43.3 Å². The van der Waals surface area contributed by atoms with Gasteiger partial charge in [-0.3, -0.25) is 9.59 Å². The van der Waals surface area contributed by atoms with Gasteiger partial charge in [-0.1, -0.05) is 28.1 Å². The highest BCUT2D eigenvalue weighted by atomic mass is 79.9. The molecule has 0 aliphatic rings. The second-order valence-corrected chi connectivity index (χ2v) is 5.96. The van der Waals surface area contributed by atoms with Gasteiger partial charge in [0.15, 0.2) is 0 Å². The number of carbonyl (C=O) groups is 2. The van der Waals surface area contributed by atoms with Crippen molar-refractivity contribution in [3.8, 4) is 5.75 Å². The van der Waals surface area contributed by atoms with Crippen molar-refractivity contribution in [1.82, 2.24) is 5.32 Å². The maximum Gasteiger partial charge on any atom is 0.251 e. The number of amides is 2. The maximum absolute atomic E-state index is 12.0. The highest BCUT2D eigenvalue weighted by molar-refractivity contribution is 9.10. The Labute approximate surface area is 149 Å². The Bertz CT molecular complexity index is 719. The van der Waals surface area contributed by atoms with Crippen molar-refractivity contribution in [3.63, 3.8) is 0 Å². The lowest BCUT2D eigenvalue weighted by atomic mass is 10.2. The van der Waals surface area contributed by atoms with E-state index < -0.39 is 0 Å². The fraction of sp³-hybridized carbons (Fsp3) is 0.222. The van der Waals surface area contributed by atoms with Crippen LogP contribution >= 0.6 is 15.9 Å². The average molecular weight is 391 g/mol. The number of nitrogens with one attached hydrogen (secondary N) is 2. The molecule has 2 N–H and O–H groups in total. The number of hydrogen-bond donors (Lipinski definition) is 2. The van der Waals surface area contributed by atoms with E-state index in [4.69, 9.17) is 4.74 Å². The summed E-state index contributed by atoms with van der Waals surface area (Å²) in [4.78, 5) is 23.8. The first-order valence-electron chi connectivity index (χ1n) is 7.65. The van der Waals surface area contributed by atoms with E-state index in [0.29, 0.717) is 23.5 Å². The quantitative estimate of drug-likeness (QED) is 0.758. The lowest BCUT2D eigenvalue weighted by molar-refractivity contribution is -0.116. The molecule has 6 heteroatoms. The maximum atomic E-state index is 12.0. The van der Waals surface area contributed by atoms with Gasteiger partial charge in [-0.15, -0.1) is 0 Å². The van der Waals surface area contributed by atoms with Gasteiger partial charge in [0.25, 0.3) is 5.91 Å². The number of anilines is 1. The third-order valence-corrected chi connectivity index (χ3v) is 3.63. The Hall–Kier alpha value is -2.34. The van der Waals surface area contributed by atoms with Gasteiger partial charge in [-0.2, -0.15) is 0 Å². The molecule has 0 aromatic heterocycles. The van der Waals surface area contributed by atoms with Gasteiger partial charge in [0, 0.05) is 22.3 Å². The van der Waals surface area contributed by atoms with Gasteiger partial charge >= 0.3 is 0 Å². The second-order valence-electron chi connectivity index (χ2n) is 5.04. The molecule has 0 unspecified atom stereocenters. The lowest BCUT2D eigenvalue weighted by Gasteiger charge is -2.09. The molecule has 0 aliphatic carbocycles. The Morgan fingerprint density at radius 1 is 1.12 bits per heavy atom. The average Bonchev–Trinajstić information content (AvgIpc) is 2.55. The summed E-state index contributed by atoms with van der Waals surface area (Å²) in [5.74, 6) is 0.375. The van der Waals surface area contributed by atoms with Crippen molar-refractivity contribution in [1.29, 1.82) is 0 Å². The molecule has 2 aromatic rings. The molecule has 5 nitrogen and oxygen atoms in total. The zero-order chi connectivity index (χ0) is 17.4. The topological polar surface area (TPSA) is 67.4 Å². The summed E-state index contributed by atoms with van der Waals surface area (Å²) in [6.45, 7) is 2.69. The van der Waals surface area contributed by atoms with Crippen LogP contribution in [0.5, 0.6) is 5.75 Å². The van der Waals surface area contributed by atoms with E-state index in [9.17, 15) is 9.59 Å². The summed E-state index contributed by atoms with van der Waals surface area (Å²) in [6.07, 6.45) is 0.220. The van der Waals surface area contributed by atoms with Crippen LogP contribution in [0.4, 0.5) is 5.69 Å². The zero-order valence-electron chi connectivity index (χ0n) is 13.3. The Kier molecular flexibility index (Phi) is 6.81. The van der Waals surface area contributed by atoms with E-state index in [1.54, 1.807) is 24.3 Å². The molecule has 0 aliphatic heterocycles. The van der Waals surface area contributed by atoms with Gasteiger partial charge in [0.05, 0.1) is 13.0 Å². The van der Waals surface area contributed by atoms with E-state index in [1.807, 2.05) is 31.2 Å². The molecule has 126 valence electrons. The molecule has 0 atom stereocenters. The molecule has 0 fully saturated rings. The van der Waals surface area contributed by atoms with Crippen molar-refractivity contribution in [2.24, 2.45) is 0 Å². The lowest BCUT2D eigenvalue weighted by Crippen LogP contribution is -2.23. The predicted molar refractivity (Wildman–Crippen MR) is 97.3 cm³/mol. The van der Waals surface area contributed by atoms with E-state index in [1.165, 1.54) is 0 Å². The van der Waals surface area contributed by atoms with Crippen LogP contribution in [0.3, 0.4) is 0 Å². The summed E-state index contributed by atoms with van der Waals surface area (Å²) in [6, 6.07) is 14.3. The summed E-state index contributed by atoms with van der Waals surface area (Å²) >= 11 is 3.36. The molecule has 0 spiro atoms. The van der Waals surface area contributed by atoms with E-state index in [-0.39, 0.29) is 24.8 Å². The highest BCUT2D eigenvalue weighted by Gasteiger charge is 2.07. The van der Waals surface area contributed by atoms with Crippen molar-refractivity contribution >= 4 is 33.4 Å². The first-order valence-corrected chi connectivity index (χ1v) is 8.44. The molecular formula is C18H19BrN2O3. The first kappa shape index (κ1) is 18.0. The zero-order valence-corrected chi connectivity index (χ0v) is 14.9. The minimum absolute atomic E-state index is 0.161. The Morgan fingerprint density at radius 2 is 1.92 bits per heavy atom. The first-order chi connectivity index (χ1) is 11.6. The standard InChI is InChI=1S/C18H19BrN2O3/c1-2-20-18(23)13-5-3-7-15(11-13)21-17(22)9-10-24-16-8-4-6-14(19)12-16/h3-8,11-12H,2,9-10H2,1H3,(H,20,23)(H,21,22). The number of halogens is 1. The SMILES string of the molecule is CCNC(=O)c1cccc(NC(=O)CCOc2cccc(Br)c2)c1. The molecule has 0 saturated carbocycles. The molecule has 0 heterocycles. The van der Waals surface area contributed by atoms with Crippen LogP contribution in [0.1, 0.15) is 23.7 Å². The van der Waals surface area contributed by atoms with E-state index >= 15 is 0 Å². The van der Waals surface area contributed by atoms with Crippen molar-refractivity contribution in [2.45, 2.75) is 13.3 Å². The number of hydrogen-bond acceptors (Lipinski definition) is 3. The minimum Gasteiger partial charge on any atom is -0.493 e. The Balaban J connectivity index is 1.84. The largest absolute Gasteiger partial charge is 0.493 e. The van der Waals surface area contributed by atoms with Gasteiger partial charge in [-0.25, -0.2) is 0 Å². The normalized spacial score (nSPS) is 10.1. The van der Waals surface area contributed by atoms with Crippen LogP contribution < -0.4 is 15.4 Å². The summed E-state index contributed by atoms with van der Waals surface area (Å²) in [5, 5.41) is 5.49. The molecule has 24 heavy (non-hydrogen) atoms. The smallest absolute Gasteiger partial charge is 0.251 e. The van der Waals surface area contributed by atoms with E-state index in [0.717, 1.165) is 4.47 Å². The van der Waals surface area contributed by atoms with Gasteiger partial charge < -0.3 is 15.4 Å². The molecule has 2 amide bonds. The number of benzene rings is 2. The van der Waals surface area contributed by atoms with Crippen molar-refractivity contribution < 1.29 is 14.3 Å². The highest BCUT2D eigenvalue weighted by Crippen LogP contribution is 2.18. The monoisotopic (exact) mass is 390 g/mol. The molecule has 2 aromatic carbocycles. The van der Waals surface area contributed by atoms with Crippen molar-refractivity contribution in [3.05, 3.63) is 58.6 Å². The fourth-order valence-corrected chi connectivity index (χ4v) is 2.42.